The smallest absolute Gasteiger partial charge is 0.0890 e. The van der Waals surface area contributed by atoms with Gasteiger partial charge in [0.05, 0.1) is 18.8 Å². The summed E-state index contributed by atoms with van der Waals surface area (Å²) in [5.74, 6) is 0. The number of hydrogen-bond acceptors (Lipinski definition) is 4. The molecule has 1 atom stereocenters. The molecule has 2 N–H and O–H groups in total. The maximum atomic E-state index is 10.2. The molecule has 0 amide bonds. The molecule has 1 saturated heterocycles. The van der Waals surface area contributed by atoms with Crippen LogP contribution in [0.25, 0.3) is 0 Å². The summed E-state index contributed by atoms with van der Waals surface area (Å²) in [7, 11) is 0. The molecule has 1 aliphatic heterocycles. The van der Waals surface area contributed by atoms with Crippen LogP contribution in [0.15, 0.2) is 42.7 Å². The Morgan fingerprint density at radius 1 is 1.09 bits per heavy atom. The Morgan fingerprint density at radius 3 is 2.65 bits per heavy atom. The largest absolute Gasteiger partial charge is 0.393 e. The summed E-state index contributed by atoms with van der Waals surface area (Å²) in [6.45, 7) is 3.31. The molecule has 3 rings (SSSR count). The molecule has 1 unspecified atom stereocenters. The fraction of sp³-hybridized carbons (Fsp3) is 0.500. The van der Waals surface area contributed by atoms with Crippen LogP contribution >= 0.6 is 0 Å². The van der Waals surface area contributed by atoms with E-state index in [2.05, 4.69) is 34.3 Å². The van der Waals surface area contributed by atoms with Gasteiger partial charge in [-0.25, -0.2) is 0 Å². The van der Waals surface area contributed by atoms with Gasteiger partial charge in [0.2, 0.25) is 0 Å². The van der Waals surface area contributed by atoms with Crippen molar-refractivity contribution >= 4 is 0 Å². The highest BCUT2D eigenvalue weighted by atomic mass is 16.3. The van der Waals surface area contributed by atoms with Crippen LogP contribution in [-0.4, -0.2) is 50.2 Å². The van der Waals surface area contributed by atoms with Crippen molar-refractivity contribution in [3.63, 3.8) is 0 Å². The second-order valence-electron chi connectivity index (χ2n) is 6.54. The molecule has 124 valence electrons. The van der Waals surface area contributed by atoms with Gasteiger partial charge >= 0.3 is 0 Å². The number of aliphatic hydroxyl groups excluding tert-OH is 1. The van der Waals surface area contributed by atoms with Crippen molar-refractivity contribution < 1.29 is 10.2 Å². The topological polar surface area (TPSA) is 61.5 Å². The summed E-state index contributed by atoms with van der Waals surface area (Å²) in [5, 5.41) is 23.8. The van der Waals surface area contributed by atoms with Crippen molar-refractivity contribution in [2.75, 3.05) is 19.7 Å². The normalized spacial score (nSPS) is 22.9. The van der Waals surface area contributed by atoms with Gasteiger partial charge in [0.15, 0.2) is 0 Å². The van der Waals surface area contributed by atoms with E-state index in [-0.39, 0.29) is 6.61 Å². The highest BCUT2D eigenvalue weighted by Gasteiger charge is 2.29. The second kappa shape index (κ2) is 7.25. The minimum atomic E-state index is -0.892. The Labute approximate surface area is 137 Å². The summed E-state index contributed by atoms with van der Waals surface area (Å²) in [6, 6.07) is 10.5. The lowest BCUT2D eigenvalue weighted by Crippen LogP contribution is -2.34. The molecule has 1 aliphatic rings. The maximum Gasteiger partial charge on any atom is 0.0890 e. The number of aromatic nitrogens is 2. The highest BCUT2D eigenvalue weighted by Crippen LogP contribution is 2.23. The molecule has 0 radical (unpaired) electrons. The van der Waals surface area contributed by atoms with Crippen molar-refractivity contribution in [3.05, 3.63) is 53.9 Å². The highest BCUT2D eigenvalue weighted by molar-refractivity contribution is 5.23. The van der Waals surface area contributed by atoms with Gasteiger partial charge in [0.25, 0.3) is 0 Å². The van der Waals surface area contributed by atoms with Gasteiger partial charge in [0.1, 0.15) is 0 Å². The van der Waals surface area contributed by atoms with Gasteiger partial charge < -0.3 is 10.2 Å². The Morgan fingerprint density at radius 2 is 1.91 bits per heavy atom. The number of likely N-dealkylation sites (tertiary alicyclic amines) is 1. The zero-order valence-electron chi connectivity index (χ0n) is 13.4. The minimum Gasteiger partial charge on any atom is -0.393 e. The van der Waals surface area contributed by atoms with Crippen molar-refractivity contribution in [1.82, 2.24) is 14.7 Å². The van der Waals surface area contributed by atoms with E-state index in [1.165, 1.54) is 11.1 Å². The van der Waals surface area contributed by atoms with Gasteiger partial charge in [-0.05, 0) is 43.0 Å². The van der Waals surface area contributed by atoms with E-state index >= 15 is 0 Å². The third kappa shape index (κ3) is 4.41. The first kappa shape index (κ1) is 16.2. The van der Waals surface area contributed by atoms with Crippen LogP contribution in [0.1, 0.15) is 30.4 Å². The predicted octanol–water partition coefficient (Wildman–Crippen LogP) is 1.64. The second-order valence-corrected chi connectivity index (χ2v) is 6.54. The first-order chi connectivity index (χ1) is 11.2. The Hall–Kier alpha value is -1.69. The molecular weight excluding hydrogens is 290 g/mol. The van der Waals surface area contributed by atoms with Crippen LogP contribution < -0.4 is 0 Å². The number of rotatable bonds is 5. The average molecular weight is 315 g/mol. The molecule has 1 fully saturated rings. The molecular formula is C18H25N3O2. The van der Waals surface area contributed by atoms with Crippen molar-refractivity contribution in [2.45, 2.75) is 38.0 Å². The summed E-state index contributed by atoms with van der Waals surface area (Å²) in [6.07, 6.45) is 6.00. The SMILES string of the molecule is OCC1(O)CCCN(Cc2cccc(Cn3cccn3)c2)CC1. The summed E-state index contributed by atoms with van der Waals surface area (Å²) in [4.78, 5) is 2.36. The van der Waals surface area contributed by atoms with Crippen LogP contribution in [0, 0.1) is 0 Å². The van der Waals surface area contributed by atoms with Gasteiger partial charge in [-0.2, -0.15) is 5.10 Å². The van der Waals surface area contributed by atoms with Crippen LogP contribution in [0.2, 0.25) is 0 Å². The third-order valence-electron chi connectivity index (χ3n) is 4.61. The number of benzene rings is 1. The van der Waals surface area contributed by atoms with E-state index in [9.17, 15) is 10.2 Å². The molecule has 1 aromatic carbocycles. The predicted molar refractivity (Wildman–Crippen MR) is 88.9 cm³/mol. The summed E-state index contributed by atoms with van der Waals surface area (Å²) < 4.78 is 1.92. The van der Waals surface area contributed by atoms with E-state index in [4.69, 9.17) is 0 Å². The van der Waals surface area contributed by atoms with E-state index in [1.807, 2.05) is 16.9 Å². The fourth-order valence-electron chi connectivity index (χ4n) is 3.22. The Bertz CT molecular complexity index is 614. The number of aliphatic hydroxyl groups is 2. The molecule has 5 heteroatoms. The van der Waals surface area contributed by atoms with E-state index in [0.29, 0.717) is 12.8 Å². The molecule has 5 nitrogen and oxygen atoms in total. The maximum absolute atomic E-state index is 10.2. The Kier molecular flexibility index (Phi) is 5.10. The first-order valence-electron chi connectivity index (χ1n) is 8.28. The third-order valence-corrected chi connectivity index (χ3v) is 4.61. The monoisotopic (exact) mass is 315 g/mol. The quantitative estimate of drug-likeness (QED) is 0.880. The van der Waals surface area contributed by atoms with Crippen LogP contribution in [0.3, 0.4) is 0 Å². The lowest BCUT2D eigenvalue weighted by atomic mass is 9.96. The molecule has 1 aromatic heterocycles. The lowest BCUT2D eigenvalue weighted by Gasteiger charge is -2.24. The molecule has 0 bridgehead atoms. The zero-order valence-corrected chi connectivity index (χ0v) is 13.4. The molecule has 23 heavy (non-hydrogen) atoms. The molecule has 0 aliphatic carbocycles. The van der Waals surface area contributed by atoms with Crippen molar-refractivity contribution in [1.29, 1.82) is 0 Å². The van der Waals surface area contributed by atoms with Gasteiger partial charge in [-0.1, -0.05) is 24.3 Å². The van der Waals surface area contributed by atoms with Crippen LogP contribution in [0.4, 0.5) is 0 Å². The van der Waals surface area contributed by atoms with E-state index in [1.54, 1.807) is 6.20 Å². The van der Waals surface area contributed by atoms with Crippen LogP contribution in [-0.2, 0) is 13.1 Å². The lowest BCUT2D eigenvalue weighted by molar-refractivity contribution is -0.0255. The minimum absolute atomic E-state index is 0.139. The van der Waals surface area contributed by atoms with Crippen LogP contribution in [0.5, 0.6) is 0 Å². The molecule has 0 spiro atoms. The van der Waals surface area contributed by atoms with Gasteiger partial charge in [0, 0.05) is 25.5 Å². The fourth-order valence-corrected chi connectivity index (χ4v) is 3.22. The standard InChI is InChI=1S/C18H25N3O2/c22-15-18(23)6-2-9-20(11-7-18)13-16-4-1-5-17(12-16)14-21-10-3-8-19-21/h1,3-5,8,10,12,22-23H,2,6-7,9,11,13-15H2. The van der Waals surface area contributed by atoms with Gasteiger partial charge in [-0.3, -0.25) is 9.58 Å². The summed E-state index contributed by atoms with van der Waals surface area (Å²) in [5.41, 5.74) is 1.63. The first-order valence-corrected chi connectivity index (χ1v) is 8.28. The van der Waals surface area contributed by atoms with Crippen molar-refractivity contribution in [2.24, 2.45) is 0 Å². The molecule has 0 saturated carbocycles. The van der Waals surface area contributed by atoms with Crippen molar-refractivity contribution in [3.8, 4) is 0 Å². The van der Waals surface area contributed by atoms with Gasteiger partial charge in [-0.15, -0.1) is 0 Å². The molecule has 2 heterocycles. The molecule has 2 aromatic rings. The number of nitrogens with zero attached hydrogens (tertiary/aromatic N) is 3. The Balaban J connectivity index is 1.61. The van der Waals surface area contributed by atoms with E-state index in [0.717, 1.165) is 32.6 Å². The summed E-state index contributed by atoms with van der Waals surface area (Å²) >= 11 is 0. The average Bonchev–Trinajstić information content (AvgIpc) is 2.98. The number of hydrogen-bond donors (Lipinski definition) is 2. The van der Waals surface area contributed by atoms with E-state index < -0.39 is 5.60 Å². The zero-order chi connectivity index (χ0) is 16.1.